The van der Waals surface area contributed by atoms with E-state index in [2.05, 4.69) is 58.4 Å². The maximum absolute atomic E-state index is 13.8. The van der Waals surface area contributed by atoms with Crippen LogP contribution in [-0.4, -0.2) is 88.8 Å². The van der Waals surface area contributed by atoms with Crippen LogP contribution in [0.4, 0.5) is 21.0 Å². The summed E-state index contributed by atoms with van der Waals surface area (Å²) in [7, 11) is 4.00. The number of nitrogens with zero attached hydrogens (tertiary/aromatic N) is 4. The van der Waals surface area contributed by atoms with Crippen LogP contribution in [0.5, 0.6) is 0 Å². The molecule has 0 saturated carbocycles. The molecule has 1 aromatic heterocycles. The van der Waals surface area contributed by atoms with Gasteiger partial charge in [-0.2, -0.15) is 0 Å². The summed E-state index contributed by atoms with van der Waals surface area (Å²) in [6.45, 7) is 2.54. The zero-order chi connectivity index (χ0) is 34.7. The highest BCUT2D eigenvalue weighted by molar-refractivity contribution is 9.11. The predicted molar refractivity (Wildman–Crippen MR) is 200 cm³/mol. The van der Waals surface area contributed by atoms with Crippen molar-refractivity contribution in [2.45, 2.75) is 50.6 Å². The van der Waals surface area contributed by atoms with E-state index in [9.17, 15) is 14.4 Å². The second-order valence-electron chi connectivity index (χ2n) is 13.1. The van der Waals surface area contributed by atoms with Gasteiger partial charge in [-0.3, -0.25) is 4.79 Å². The van der Waals surface area contributed by atoms with E-state index < -0.39 is 6.04 Å². The number of nitrogens with two attached hydrogens (primary N) is 1. The lowest BCUT2D eigenvalue weighted by atomic mass is 10.0. The number of imidazole rings is 1. The molecule has 0 unspecified atom stereocenters. The highest BCUT2D eigenvalue weighted by Crippen LogP contribution is 2.32. The lowest BCUT2D eigenvalue weighted by Crippen LogP contribution is -2.52. The molecule has 6 rings (SSSR count). The van der Waals surface area contributed by atoms with Crippen molar-refractivity contribution in [3.05, 3.63) is 86.1 Å². The van der Waals surface area contributed by atoms with Crippen LogP contribution in [-0.2, 0) is 12.8 Å². The summed E-state index contributed by atoms with van der Waals surface area (Å²) in [5, 5.41) is 6.30. The van der Waals surface area contributed by atoms with Crippen LogP contribution in [0.25, 0.3) is 11.0 Å². The molecule has 4 aromatic rings. The van der Waals surface area contributed by atoms with Crippen LogP contribution in [0.3, 0.4) is 0 Å². The van der Waals surface area contributed by atoms with E-state index in [0.29, 0.717) is 62.4 Å². The Morgan fingerprint density at radius 1 is 1.06 bits per heavy atom. The molecule has 1 fully saturated rings. The van der Waals surface area contributed by atoms with Gasteiger partial charge in [0.25, 0.3) is 0 Å². The lowest BCUT2D eigenvalue weighted by molar-refractivity contribution is 0.0977. The number of rotatable bonds is 10. The Morgan fingerprint density at radius 2 is 1.80 bits per heavy atom. The number of aromatic nitrogens is 2. The maximum Gasteiger partial charge on any atom is 0.322 e. The Kier molecular flexibility index (Phi) is 10.9. The normalized spacial score (nSPS) is 16.0. The number of aromatic amines is 1. The van der Waals surface area contributed by atoms with E-state index >= 15 is 0 Å². The van der Waals surface area contributed by atoms with Gasteiger partial charge in [-0.15, -0.1) is 0 Å². The first-order valence-corrected chi connectivity index (χ1v) is 18.3. The Morgan fingerprint density at radius 3 is 2.53 bits per heavy atom. The van der Waals surface area contributed by atoms with E-state index in [0.717, 1.165) is 56.2 Å². The number of H-pyrrole nitrogens is 1. The number of anilines is 2. The molecule has 1 saturated heterocycles. The lowest BCUT2D eigenvalue weighted by Gasteiger charge is -2.38. The smallest absolute Gasteiger partial charge is 0.322 e. The zero-order valence-corrected chi connectivity index (χ0v) is 30.9. The van der Waals surface area contributed by atoms with Gasteiger partial charge < -0.3 is 36.1 Å². The van der Waals surface area contributed by atoms with Crippen LogP contribution < -0.4 is 16.4 Å². The predicted octanol–water partition coefficient (Wildman–Crippen LogP) is 6.74. The van der Waals surface area contributed by atoms with Gasteiger partial charge in [-0.1, -0.05) is 18.2 Å². The van der Waals surface area contributed by atoms with Gasteiger partial charge in [0.05, 0.1) is 22.8 Å². The quantitative estimate of drug-likeness (QED) is 0.104. The molecule has 0 aliphatic carbocycles. The van der Waals surface area contributed by atoms with Crippen molar-refractivity contribution in [3.63, 3.8) is 0 Å². The SMILES string of the molecule is CN(C)CCCC(=O)c1ccc2nc([C@@H](Cc3cc(Br)c(N)c(Br)c3)NC(=O)N3CCC(N4CCc5ccccc5NC4=O)CC3)[nH]c2c1. The number of para-hydroxylation sites is 1. The van der Waals surface area contributed by atoms with Crippen molar-refractivity contribution >= 4 is 72.1 Å². The average molecular weight is 795 g/mol. The van der Waals surface area contributed by atoms with Crippen molar-refractivity contribution in [1.82, 2.24) is 30.0 Å². The number of benzene rings is 3. The van der Waals surface area contributed by atoms with Gasteiger partial charge >= 0.3 is 12.1 Å². The summed E-state index contributed by atoms with van der Waals surface area (Å²) in [6, 6.07) is 16.6. The van der Waals surface area contributed by atoms with Crippen molar-refractivity contribution in [3.8, 4) is 0 Å². The molecule has 0 bridgehead atoms. The second-order valence-corrected chi connectivity index (χ2v) is 14.8. The van der Waals surface area contributed by atoms with Gasteiger partial charge in [-0.25, -0.2) is 14.6 Å². The number of ketones is 1. The monoisotopic (exact) mass is 792 g/mol. The summed E-state index contributed by atoms with van der Waals surface area (Å²) in [5.74, 6) is 0.687. The Balaban J connectivity index is 1.16. The van der Waals surface area contributed by atoms with E-state index in [1.54, 1.807) is 0 Å². The molecule has 2 aliphatic heterocycles. The van der Waals surface area contributed by atoms with E-state index in [4.69, 9.17) is 10.7 Å². The number of carbonyl (C=O) groups is 3. The number of likely N-dealkylation sites (tertiary alicyclic amines) is 1. The van der Waals surface area contributed by atoms with Gasteiger partial charge in [0.2, 0.25) is 0 Å². The molecular formula is C36H42Br2N8O3. The highest BCUT2D eigenvalue weighted by atomic mass is 79.9. The third kappa shape index (κ3) is 8.27. The molecule has 3 heterocycles. The third-order valence-corrected chi connectivity index (χ3v) is 10.7. The van der Waals surface area contributed by atoms with Crippen LogP contribution in [0.15, 0.2) is 63.5 Å². The van der Waals surface area contributed by atoms with Crippen molar-refractivity contribution < 1.29 is 14.4 Å². The summed E-state index contributed by atoms with van der Waals surface area (Å²) < 4.78 is 1.51. The van der Waals surface area contributed by atoms with E-state index in [-0.39, 0.29) is 23.9 Å². The third-order valence-electron chi connectivity index (χ3n) is 9.37. The minimum atomic E-state index is -0.492. The Bertz CT molecular complexity index is 1830. The molecule has 3 aromatic carbocycles. The zero-order valence-electron chi connectivity index (χ0n) is 27.8. The fraction of sp³-hybridized carbons (Fsp3) is 0.389. The van der Waals surface area contributed by atoms with Crippen LogP contribution in [0, 0.1) is 0 Å². The fourth-order valence-corrected chi connectivity index (χ4v) is 7.91. The number of hydrogen-bond acceptors (Lipinski definition) is 6. The van der Waals surface area contributed by atoms with Crippen molar-refractivity contribution in [2.24, 2.45) is 0 Å². The number of carbonyl (C=O) groups excluding carboxylic acids is 3. The number of amides is 4. The minimum absolute atomic E-state index is 0.0498. The van der Waals surface area contributed by atoms with Crippen molar-refractivity contribution in [2.75, 3.05) is 51.3 Å². The number of halogens is 2. The molecular weight excluding hydrogens is 752 g/mol. The Hall–Kier alpha value is -3.94. The molecule has 5 N–H and O–H groups in total. The van der Waals surface area contributed by atoms with Gasteiger partial charge in [0, 0.05) is 58.7 Å². The van der Waals surface area contributed by atoms with Gasteiger partial charge in [0.15, 0.2) is 5.78 Å². The topological polar surface area (TPSA) is 140 Å². The summed E-state index contributed by atoms with van der Waals surface area (Å²) in [4.78, 5) is 53.9. The first kappa shape index (κ1) is 34.9. The molecule has 49 heavy (non-hydrogen) atoms. The second kappa shape index (κ2) is 15.3. The number of hydrogen-bond donors (Lipinski definition) is 4. The van der Waals surface area contributed by atoms with Crippen LogP contribution >= 0.6 is 31.9 Å². The van der Waals surface area contributed by atoms with Crippen molar-refractivity contribution in [1.29, 1.82) is 0 Å². The first-order chi connectivity index (χ1) is 23.5. The number of urea groups is 2. The number of Topliss-reactive ketones (excluding diaryl/α,β-unsaturated/α-hetero) is 1. The Labute approximate surface area is 303 Å². The maximum atomic E-state index is 13.8. The number of piperidine rings is 1. The molecule has 0 spiro atoms. The summed E-state index contributed by atoms with van der Waals surface area (Å²) >= 11 is 7.09. The number of nitrogens with one attached hydrogen (secondary N) is 3. The van der Waals surface area contributed by atoms with Crippen LogP contribution in [0.1, 0.15) is 59.0 Å². The van der Waals surface area contributed by atoms with Gasteiger partial charge in [0.1, 0.15) is 5.82 Å². The average Bonchev–Trinajstić information content (AvgIpc) is 3.43. The molecule has 4 amide bonds. The molecule has 13 heteroatoms. The molecule has 1 atom stereocenters. The van der Waals surface area contributed by atoms with Gasteiger partial charge in [-0.05, 0) is 126 Å². The molecule has 2 aliphatic rings. The first-order valence-electron chi connectivity index (χ1n) is 16.7. The molecule has 258 valence electrons. The van der Waals surface area contributed by atoms with E-state index in [1.165, 1.54) is 0 Å². The van der Waals surface area contributed by atoms with Crippen LogP contribution in [0.2, 0.25) is 0 Å². The number of nitrogen functional groups attached to an aromatic ring is 1. The summed E-state index contributed by atoms with van der Waals surface area (Å²) in [6.07, 6.45) is 3.88. The summed E-state index contributed by atoms with van der Waals surface area (Å²) in [5.41, 5.74) is 11.8. The largest absolute Gasteiger partial charge is 0.397 e. The fourth-order valence-electron chi connectivity index (χ4n) is 6.63. The molecule has 0 radical (unpaired) electrons. The number of fused-ring (bicyclic) bond motifs is 2. The minimum Gasteiger partial charge on any atom is -0.397 e. The highest BCUT2D eigenvalue weighted by Gasteiger charge is 2.32. The van der Waals surface area contributed by atoms with E-state index in [1.807, 2.05) is 72.4 Å². The standard InChI is InChI=1S/C36H42Br2N8O3/c1-44(2)14-5-8-32(47)24-9-10-29-30(21-24)41-34(40-29)31(20-22-18-26(37)33(39)27(38)19-22)43-35(48)45-15-12-25(13-16-45)46-17-11-23-6-3-4-7-28(23)42-36(46)49/h3-4,6-7,9-10,18-19,21,25,31H,5,8,11-17,20,39H2,1-2H3,(H,40,41)(H,42,49)(H,43,48)/t31-/m1/s1. The molecule has 11 nitrogen and oxygen atoms in total.